The molecular weight excluding hydrogens is 184 g/mol. The number of carbonyl (C=O) groups is 1. The molecule has 0 aromatic carbocycles. The third-order valence-corrected chi connectivity index (χ3v) is 1.88. The molecule has 6 nitrogen and oxygen atoms in total. The van der Waals surface area contributed by atoms with Gasteiger partial charge in [-0.3, -0.25) is 4.79 Å². The van der Waals surface area contributed by atoms with E-state index in [0.29, 0.717) is 19.4 Å². The van der Waals surface area contributed by atoms with Gasteiger partial charge in [0.25, 0.3) is 0 Å². The number of nitrogens with zero attached hydrogens (tertiary/aromatic N) is 1. The monoisotopic (exact) mass is 202 g/mol. The Kier molecular flexibility index (Phi) is 6.47. The lowest BCUT2D eigenvalue weighted by Gasteiger charge is -2.15. The summed E-state index contributed by atoms with van der Waals surface area (Å²) in [6.07, 6.45) is 1.60. The van der Waals surface area contributed by atoms with Gasteiger partial charge in [-0.25, -0.2) is 0 Å². The Hall–Kier alpha value is -1.30. The average Bonchev–Trinajstić information content (AvgIpc) is 2.15. The predicted molar refractivity (Wildman–Crippen MR) is 53.9 cm³/mol. The van der Waals surface area contributed by atoms with Crippen molar-refractivity contribution >= 4 is 11.7 Å². The van der Waals surface area contributed by atoms with Crippen molar-refractivity contribution in [3.8, 4) is 0 Å². The zero-order valence-electron chi connectivity index (χ0n) is 8.36. The Morgan fingerprint density at radius 2 is 2.21 bits per heavy atom. The van der Waals surface area contributed by atoms with Crippen molar-refractivity contribution in [2.24, 2.45) is 16.6 Å². The number of oxime groups is 1. The van der Waals surface area contributed by atoms with Crippen molar-refractivity contribution in [1.29, 1.82) is 0 Å². The highest BCUT2D eigenvalue weighted by Gasteiger charge is 2.08. The van der Waals surface area contributed by atoms with E-state index in [9.17, 15) is 4.79 Å². The van der Waals surface area contributed by atoms with Crippen molar-refractivity contribution in [2.45, 2.75) is 32.2 Å². The summed E-state index contributed by atoms with van der Waals surface area (Å²) in [5, 5.41) is 14.3. The highest BCUT2D eigenvalue weighted by Crippen LogP contribution is 1.97. The summed E-state index contributed by atoms with van der Waals surface area (Å²) in [5.41, 5.74) is 10.3. The van der Waals surface area contributed by atoms with Crippen molar-refractivity contribution in [2.75, 3.05) is 6.54 Å². The van der Waals surface area contributed by atoms with Crippen LogP contribution in [-0.2, 0) is 4.79 Å². The molecule has 0 fully saturated rings. The first kappa shape index (κ1) is 12.7. The topological polar surface area (TPSA) is 114 Å². The third-order valence-electron chi connectivity index (χ3n) is 1.88. The molecule has 1 atom stereocenters. The molecule has 0 aliphatic carbocycles. The van der Waals surface area contributed by atoms with Crippen LogP contribution in [0.2, 0.25) is 0 Å². The quantitative estimate of drug-likeness (QED) is 0.190. The van der Waals surface area contributed by atoms with E-state index < -0.39 is 0 Å². The second-order valence-corrected chi connectivity index (χ2v) is 3.07. The van der Waals surface area contributed by atoms with E-state index in [1.54, 1.807) is 0 Å². The number of primary amides is 1. The fraction of sp³-hybridized carbons (Fsp3) is 0.750. The van der Waals surface area contributed by atoms with Gasteiger partial charge in [0.1, 0.15) is 5.84 Å². The smallest absolute Gasteiger partial charge is 0.218 e. The van der Waals surface area contributed by atoms with Gasteiger partial charge >= 0.3 is 0 Å². The van der Waals surface area contributed by atoms with Crippen molar-refractivity contribution in [3.63, 3.8) is 0 Å². The molecule has 82 valence electrons. The zero-order valence-corrected chi connectivity index (χ0v) is 8.36. The molecule has 0 aliphatic heterocycles. The van der Waals surface area contributed by atoms with E-state index in [1.165, 1.54) is 0 Å². The summed E-state index contributed by atoms with van der Waals surface area (Å²) in [4.78, 5) is 10.4. The Balaban J connectivity index is 3.74. The first-order valence-corrected chi connectivity index (χ1v) is 4.58. The van der Waals surface area contributed by atoms with Crippen LogP contribution in [-0.4, -0.2) is 29.5 Å². The Morgan fingerprint density at radius 1 is 1.57 bits per heavy atom. The van der Waals surface area contributed by atoms with Crippen molar-refractivity contribution in [3.05, 3.63) is 0 Å². The maximum absolute atomic E-state index is 10.4. The first-order valence-electron chi connectivity index (χ1n) is 4.58. The third kappa shape index (κ3) is 6.24. The fourth-order valence-electron chi connectivity index (χ4n) is 1.05. The van der Waals surface area contributed by atoms with Crippen LogP contribution in [0.3, 0.4) is 0 Å². The second-order valence-electron chi connectivity index (χ2n) is 3.07. The highest BCUT2D eigenvalue weighted by molar-refractivity contribution is 5.80. The van der Waals surface area contributed by atoms with Crippen LogP contribution in [0.4, 0.5) is 0 Å². The molecule has 0 saturated carbocycles. The summed E-state index contributed by atoms with van der Waals surface area (Å²) in [6.45, 7) is 2.50. The number of nitrogens with one attached hydrogen (secondary N) is 1. The van der Waals surface area contributed by atoms with Gasteiger partial charge in [0.15, 0.2) is 0 Å². The normalized spacial score (nSPS) is 13.9. The zero-order chi connectivity index (χ0) is 11.0. The first-order chi connectivity index (χ1) is 6.60. The van der Waals surface area contributed by atoms with Gasteiger partial charge in [-0.15, -0.1) is 0 Å². The van der Waals surface area contributed by atoms with Crippen molar-refractivity contribution in [1.82, 2.24) is 5.32 Å². The largest absolute Gasteiger partial charge is 0.409 e. The molecule has 0 radical (unpaired) electrons. The van der Waals surface area contributed by atoms with Gasteiger partial charge in [-0.1, -0.05) is 12.1 Å². The predicted octanol–water partition coefficient (Wildman–Crippen LogP) is -0.633. The summed E-state index contributed by atoms with van der Waals surface area (Å²) in [7, 11) is 0. The minimum absolute atomic E-state index is 0.116. The van der Waals surface area contributed by atoms with E-state index in [0.717, 1.165) is 6.42 Å². The van der Waals surface area contributed by atoms with Crippen LogP contribution in [0.15, 0.2) is 5.16 Å². The van der Waals surface area contributed by atoms with E-state index in [-0.39, 0.29) is 17.8 Å². The maximum atomic E-state index is 10.4. The van der Waals surface area contributed by atoms with E-state index in [2.05, 4.69) is 10.5 Å². The van der Waals surface area contributed by atoms with Crippen LogP contribution in [0.5, 0.6) is 0 Å². The Bertz CT molecular complexity index is 206. The molecule has 0 spiro atoms. The van der Waals surface area contributed by atoms with Gasteiger partial charge in [-0.05, 0) is 6.42 Å². The lowest BCUT2D eigenvalue weighted by atomic mass is 10.1. The van der Waals surface area contributed by atoms with E-state index >= 15 is 0 Å². The minimum atomic E-state index is -0.337. The number of amidine groups is 1. The summed E-state index contributed by atoms with van der Waals surface area (Å²) in [6, 6.07) is 0.116. The van der Waals surface area contributed by atoms with Gasteiger partial charge in [-0.2, -0.15) is 0 Å². The lowest BCUT2D eigenvalue weighted by molar-refractivity contribution is -0.117. The summed E-state index contributed by atoms with van der Waals surface area (Å²) < 4.78 is 0. The number of hydrogen-bond acceptors (Lipinski definition) is 4. The van der Waals surface area contributed by atoms with Crippen LogP contribution in [0.25, 0.3) is 0 Å². The summed E-state index contributed by atoms with van der Waals surface area (Å²) in [5.74, 6) is -0.153. The molecule has 0 saturated heterocycles. The van der Waals surface area contributed by atoms with Crippen molar-refractivity contribution < 1.29 is 10.0 Å². The number of rotatable bonds is 7. The summed E-state index contributed by atoms with van der Waals surface area (Å²) >= 11 is 0. The molecule has 1 unspecified atom stereocenters. The van der Waals surface area contributed by atoms with Gasteiger partial charge in [0.05, 0.1) is 0 Å². The molecule has 1 amide bonds. The molecule has 0 aromatic rings. The SMILES string of the molecule is CCC(CC(N)=NO)NCCC(N)=O. The molecule has 6 N–H and O–H groups in total. The second kappa shape index (κ2) is 7.14. The number of carbonyl (C=O) groups excluding carboxylic acids is 1. The van der Waals surface area contributed by atoms with Crippen LogP contribution < -0.4 is 16.8 Å². The molecule has 6 heteroatoms. The van der Waals surface area contributed by atoms with Crippen LogP contribution >= 0.6 is 0 Å². The van der Waals surface area contributed by atoms with E-state index in [1.807, 2.05) is 6.92 Å². The van der Waals surface area contributed by atoms with Crippen LogP contribution in [0.1, 0.15) is 26.2 Å². The molecule has 0 aliphatic rings. The number of nitrogens with two attached hydrogens (primary N) is 2. The number of hydrogen-bond donors (Lipinski definition) is 4. The Morgan fingerprint density at radius 3 is 2.64 bits per heavy atom. The maximum Gasteiger partial charge on any atom is 0.218 e. The lowest BCUT2D eigenvalue weighted by Crippen LogP contribution is -2.35. The molecule has 0 aromatic heterocycles. The average molecular weight is 202 g/mol. The fourth-order valence-corrected chi connectivity index (χ4v) is 1.05. The molecule has 0 heterocycles. The highest BCUT2D eigenvalue weighted by atomic mass is 16.4. The van der Waals surface area contributed by atoms with Gasteiger partial charge in [0, 0.05) is 25.4 Å². The number of amides is 1. The Labute approximate surface area is 83.3 Å². The minimum Gasteiger partial charge on any atom is -0.409 e. The van der Waals surface area contributed by atoms with Gasteiger partial charge in [0.2, 0.25) is 5.91 Å². The molecule has 0 bridgehead atoms. The van der Waals surface area contributed by atoms with Crippen LogP contribution in [0, 0.1) is 0 Å². The van der Waals surface area contributed by atoms with Gasteiger partial charge < -0.3 is 22.0 Å². The molecular formula is C8H18N4O2. The van der Waals surface area contributed by atoms with E-state index in [4.69, 9.17) is 16.7 Å². The molecule has 14 heavy (non-hydrogen) atoms. The molecule has 0 rings (SSSR count). The standard InChI is InChI=1S/C8H18N4O2/c1-2-6(5-7(9)12-14)11-4-3-8(10)13/h6,11,14H,2-5H2,1H3,(H2,9,12)(H2,10,13).